The third kappa shape index (κ3) is 5.62. The molecule has 0 fully saturated rings. The number of nitrogens with zero attached hydrogens (tertiary/aromatic N) is 3. The summed E-state index contributed by atoms with van der Waals surface area (Å²) < 4.78 is 11.8. The molecular formula is C18H25N5O4S. The Balaban J connectivity index is 2.12. The molecule has 10 heteroatoms. The Hall–Kier alpha value is -2.75. The van der Waals surface area contributed by atoms with Crippen molar-refractivity contribution in [1.82, 2.24) is 14.8 Å². The largest absolute Gasteiger partial charge is 0.494 e. The van der Waals surface area contributed by atoms with E-state index in [-0.39, 0.29) is 23.6 Å². The molecule has 1 atom stereocenters. The molecule has 0 aliphatic heterocycles. The van der Waals surface area contributed by atoms with Gasteiger partial charge in [-0.2, -0.15) is 0 Å². The van der Waals surface area contributed by atoms with Gasteiger partial charge in [0.2, 0.25) is 11.9 Å². The summed E-state index contributed by atoms with van der Waals surface area (Å²) in [7, 11) is 0. The number of aromatic nitrogens is 3. The van der Waals surface area contributed by atoms with Crippen molar-refractivity contribution < 1.29 is 19.1 Å². The molecule has 1 unspecified atom stereocenters. The quantitative estimate of drug-likeness (QED) is 0.455. The van der Waals surface area contributed by atoms with Gasteiger partial charge in [-0.1, -0.05) is 18.7 Å². The molecular weight excluding hydrogens is 382 g/mol. The number of ether oxygens (including phenoxy) is 2. The number of hydrogen-bond donors (Lipinski definition) is 2. The lowest BCUT2D eigenvalue weighted by Gasteiger charge is -2.19. The maximum absolute atomic E-state index is 12.8. The monoisotopic (exact) mass is 407 g/mol. The summed E-state index contributed by atoms with van der Waals surface area (Å²) in [6, 6.07) is 6.48. The lowest BCUT2D eigenvalue weighted by atomic mass is 10.2. The van der Waals surface area contributed by atoms with Crippen LogP contribution < -0.4 is 15.8 Å². The van der Waals surface area contributed by atoms with E-state index in [0.29, 0.717) is 30.5 Å². The predicted octanol–water partition coefficient (Wildman–Crippen LogP) is 2.50. The molecule has 0 saturated heterocycles. The molecule has 0 saturated carbocycles. The highest BCUT2D eigenvalue weighted by Gasteiger charge is 2.25. The highest BCUT2D eigenvalue weighted by Crippen LogP contribution is 2.26. The van der Waals surface area contributed by atoms with Gasteiger partial charge < -0.3 is 20.5 Å². The lowest BCUT2D eigenvalue weighted by Crippen LogP contribution is -2.27. The minimum absolute atomic E-state index is 0.0584. The molecule has 0 radical (unpaired) electrons. The van der Waals surface area contributed by atoms with Gasteiger partial charge in [-0.25, -0.2) is 0 Å². The van der Waals surface area contributed by atoms with Gasteiger partial charge >= 0.3 is 5.97 Å². The SMILES string of the molecule is CCOC(=O)CSc1nnc(N)n1C(CC)C(=O)Nc1ccc(OCC)cc1. The number of carbonyl (C=O) groups excluding carboxylic acids is 2. The topological polar surface area (TPSA) is 121 Å². The Morgan fingerprint density at radius 2 is 1.89 bits per heavy atom. The van der Waals surface area contributed by atoms with Crippen LogP contribution in [0.5, 0.6) is 5.75 Å². The van der Waals surface area contributed by atoms with Gasteiger partial charge in [0.25, 0.3) is 0 Å². The summed E-state index contributed by atoms with van der Waals surface area (Å²) in [5, 5.41) is 11.1. The average Bonchev–Trinajstić information content (AvgIpc) is 3.03. The van der Waals surface area contributed by atoms with Crippen LogP contribution in [0.15, 0.2) is 29.4 Å². The van der Waals surface area contributed by atoms with Gasteiger partial charge in [0.05, 0.1) is 19.0 Å². The van der Waals surface area contributed by atoms with E-state index in [1.807, 2.05) is 13.8 Å². The van der Waals surface area contributed by atoms with E-state index in [9.17, 15) is 9.59 Å². The zero-order valence-corrected chi connectivity index (χ0v) is 17.0. The smallest absolute Gasteiger partial charge is 0.316 e. The highest BCUT2D eigenvalue weighted by atomic mass is 32.2. The maximum Gasteiger partial charge on any atom is 0.316 e. The Bertz CT molecular complexity index is 794. The summed E-state index contributed by atoms with van der Waals surface area (Å²) in [5.41, 5.74) is 6.57. The summed E-state index contributed by atoms with van der Waals surface area (Å²) >= 11 is 1.13. The van der Waals surface area contributed by atoms with Crippen molar-refractivity contribution in [3.8, 4) is 5.75 Å². The number of amides is 1. The Kier molecular flexibility index (Phi) is 8.12. The Labute approximate surface area is 168 Å². The minimum atomic E-state index is -0.619. The number of nitrogens with two attached hydrogens (primary N) is 1. The van der Waals surface area contributed by atoms with E-state index in [1.54, 1.807) is 31.2 Å². The second-order valence-electron chi connectivity index (χ2n) is 5.68. The summed E-state index contributed by atoms with van der Waals surface area (Å²) in [5.74, 6) is 0.278. The summed E-state index contributed by atoms with van der Waals surface area (Å²) in [6.07, 6.45) is 0.470. The summed E-state index contributed by atoms with van der Waals surface area (Å²) in [6.45, 7) is 6.38. The molecule has 1 amide bonds. The van der Waals surface area contributed by atoms with Crippen molar-refractivity contribution in [2.75, 3.05) is 30.0 Å². The molecule has 1 heterocycles. The van der Waals surface area contributed by atoms with Crippen LogP contribution in [-0.2, 0) is 14.3 Å². The molecule has 2 rings (SSSR count). The number of nitrogens with one attached hydrogen (secondary N) is 1. The zero-order chi connectivity index (χ0) is 20.5. The van der Waals surface area contributed by atoms with Crippen LogP contribution in [-0.4, -0.2) is 45.6 Å². The van der Waals surface area contributed by atoms with Crippen LogP contribution in [0.2, 0.25) is 0 Å². The summed E-state index contributed by atoms with van der Waals surface area (Å²) in [4.78, 5) is 24.4. The Morgan fingerprint density at radius 3 is 2.50 bits per heavy atom. The van der Waals surface area contributed by atoms with Crippen LogP contribution in [0.4, 0.5) is 11.6 Å². The van der Waals surface area contributed by atoms with E-state index in [1.165, 1.54) is 4.57 Å². The normalized spacial score (nSPS) is 11.7. The second kappa shape index (κ2) is 10.5. The van der Waals surface area contributed by atoms with Crippen LogP contribution >= 0.6 is 11.8 Å². The molecule has 2 aromatic rings. The molecule has 1 aromatic heterocycles. The molecule has 0 spiro atoms. The number of esters is 1. The number of rotatable bonds is 10. The van der Waals surface area contributed by atoms with Gasteiger partial charge in [0, 0.05) is 5.69 Å². The molecule has 0 aliphatic rings. The molecule has 9 nitrogen and oxygen atoms in total. The van der Waals surface area contributed by atoms with Gasteiger partial charge in [-0.15, -0.1) is 10.2 Å². The number of benzene rings is 1. The van der Waals surface area contributed by atoms with Crippen LogP contribution in [0.1, 0.15) is 33.2 Å². The van der Waals surface area contributed by atoms with Crippen molar-refractivity contribution in [3.05, 3.63) is 24.3 Å². The molecule has 0 aliphatic carbocycles. The third-order valence-corrected chi connectivity index (χ3v) is 4.67. The van der Waals surface area contributed by atoms with Crippen LogP contribution in [0.25, 0.3) is 0 Å². The molecule has 3 N–H and O–H groups in total. The number of hydrogen-bond acceptors (Lipinski definition) is 8. The van der Waals surface area contributed by atoms with E-state index < -0.39 is 6.04 Å². The maximum atomic E-state index is 12.8. The first-order valence-corrected chi connectivity index (χ1v) is 10.0. The van der Waals surface area contributed by atoms with Crippen molar-refractivity contribution in [1.29, 1.82) is 0 Å². The molecule has 0 bridgehead atoms. The van der Waals surface area contributed by atoms with E-state index in [4.69, 9.17) is 15.2 Å². The average molecular weight is 407 g/mol. The standard InChI is InChI=1S/C18H25N5O4S/c1-4-14(16(25)20-12-7-9-13(10-8-12)26-5-2)23-17(19)21-22-18(23)28-11-15(24)27-6-3/h7-10,14H,4-6,11H2,1-3H3,(H2,19,21)(H,20,25). The Morgan fingerprint density at radius 1 is 1.18 bits per heavy atom. The van der Waals surface area contributed by atoms with Gasteiger partial charge in [0.15, 0.2) is 5.16 Å². The van der Waals surface area contributed by atoms with Gasteiger partial charge in [0.1, 0.15) is 11.8 Å². The third-order valence-electron chi connectivity index (χ3n) is 3.75. The van der Waals surface area contributed by atoms with E-state index in [2.05, 4.69) is 15.5 Å². The predicted molar refractivity (Wildman–Crippen MR) is 107 cm³/mol. The van der Waals surface area contributed by atoms with Crippen molar-refractivity contribution in [2.24, 2.45) is 0 Å². The zero-order valence-electron chi connectivity index (χ0n) is 16.2. The fourth-order valence-corrected chi connectivity index (χ4v) is 3.31. The van der Waals surface area contributed by atoms with Crippen molar-refractivity contribution in [2.45, 2.75) is 38.4 Å². The van der Waals surface area contributed by atoms with Gasteiger partial charge in [-0.3, -0.25) is 14.2 Å². The first-order valence-electron chi connectivity index (χ1n) is 9.02. The second-order valence-corrected chi connectivity index (χ2v) is 6.62. The highest BCUT2D eigenvalue weighted by molar-refractivity contribution is 7.99. The number of nitrogen functional groups attached to an aromatic ring is 1. The van der Waals surface area contributed by atoms with Crippen molar-refractivity contribution in [3.63, 3.8) is 0 Å². The van der Waals surface area contributed by atoms with E-state index in [0.717, 1.165) is 17.5 Å². The first kappa shape index (κ1) is 21.5. The van der Waals surface area contributed by atoms with Crippen LogP contribution in [0, 0.1) is 0 Å². The van der Waals surface area contributed by atoms with Crippen molar-refractivity contribution >= 4 is 35.3 Å². The molecule has 1 aromatic carbocycles. The van der Waals surface area contributed by atoms with Crippen LogP contribution in [0.3, 0.4) is 0 Å². The fraction of sp³-hybridized carbons (Fsp3) is 0.444. The number of anilines is 2. The van der Waals surface area contributed by atoms with E-state index >= 15 is 0 Å². The lowest BCUT2D eigenvalue weighted by molar-refractivity contribution is -0.139. The minimum Gasteiger partial charge on any atom is -0.494 e. The first-order chi connectivity index (χ1) is 13.5. The number of thioether (sulfide) groups is 1. The number of carbonyl (C=O) groups is 2. The van der Waals surface area contributed by atoms with Gasteiger partial charge in [-0.05, 0) is 44.5 Å². The fourth-order valence-electron chi connectivity index (χ4n) is 2.52. The molecule has 28 heavy (non-hydrogen) atoms. The molecule has 152 valence electrons.